The maximum Gasteiger partial charge on any atom is -0.0125 e. The Hall–Kier alpha value is -9.36. The fourth-order valence-electron chi connectivity index (χ4n) is 11.9. The molecule has 0 spiro atoms. The molecule has 0 radical (unpaired) electrons. The zero-order valence-electron chi connectivity index (χ0n) is 56.3. The van der Waals surface area contributed by atoms with E-state index in [1.165, 1.54) is 161 Å². The molecule has 450 valence electrons. The third-order valence-corrected chi connectivity index (χ3v) is 16.1. The van der Waals surface area contributed by atoms with Crippen molar-refractivity contribution >= 4 is 0 Å². The van der Waals surface area contributed by atoms with Crippen LogP contribution in [0.1, 0.15) is 94.6 Å². The van der Waals surface area contributed by atoms with Gasteiger partial charge in [0.2, 0.25) is 0 Å². The lowest BCUT2D eigenvalue weighted by molar-refractivity contribution is 1.31. The van der Waals surface area contributed by atoms with Crippen LogP contribution in [0.3, 0.4) is 0 Å². The molecular weight excluding hydrogens is 1070 g/mol. The van der Waals surface area contributed by atoms with Crippen LogP contribution in [-0.2, 0) is 0 Å². The zero-order valence-corrected chi connectivity index (χ0v) is 56.3. The molecular formula is C89H94. The highest BCUT2D eigenvalue weighted by atomic mass is 14.1. The minimum Gasteiger partial charge on any atom is -0.0620 e. The standard InChI is InChI=1S/C16H18.3C15H16.2C14H14/c1-11-6-5-7-15(10-11)16-13(3)8-12(2)9-14(16)4;1-11-6-4-9-14(10-11)15-12(2)7-5-8-13(15)3;1-11-5-4-6-14(8-11)15-9-12(2)7-13(3)10-15;1-11-5-4-6-14(10-11)15-8-7-12(2)9-13(15)3;1-11-7-3-5-9-13(11)14-10-6-4-8-12(14)2;1-11-6-5-8-13(10-11)14-9-4-3-7-12(14)2/h5-10H,1-4H3;3*4-10H,1-3H3;2*3-10H,1-2H3. The summed E-state index contributed by atoms with van der Waals surface area (Å²) in [4.78, 5) is 0. The number of aryl methyl sites for hydroxylation is 17. The first-order chi connectivity index (χ1) is 42.6. The summed E-state index contributed by atoms with van der Waals surface area (Å²) in [6.07, 6.45) is 0. The van der Waals surface area contributed by atoms with Crippen LogP contribution in [0.25, 0.3) is 66.8 Å². The normalized spacial score (nSPS) is 10.3. The SMILES string of the molecule is Cc1cccc(-c2c(C)cc(C)cc2C)c1.Cc1cccc(-c2c(C)cccc2C)c1.Cc1cccc(-c2cc(C)cc(C)c2)c1.Cc1cccc(-c2ccc(C)cc2C)c1.Cc1cccc(-c2ccccc2C)c1.Cc1ccccc1-c1ccccc1C. The molecule has 0 heterocycles. The van der Waals surface area contributed by atoms with Gasteiger partial charge >= 0.3 is 0 Å². The van der Waals surface area contributed by atoms with Gasteiger partial charge in [-0.15, -0.1) is 0 Å². The number of hydrogen-bond donors (Lipinski definition) is 0. The highest BCUT2D eigenvalue weighted by Gasteiger charge is 2.09. The van der Waals surface area contributed by atoms with Gasteiger partial charge in [0.05, 0.1) is 0 Å². The van der Waals surface area contributed by atoms with E-state index in [9.17, 15) is 0 Å². The molecule has 0 fully saturated rings. The van der Waals surface area contributed by atoms with E-state index < -0.39 is 0 Å². The van der Waals surface area contributed by atoms with Crippen molar-refractivity contribution in [3.8, 4) is 66.8 Å². The second-order valence-corrected chi connectivity index (χ2v) is 24.5. The van der Waals surface area contributed by atoms with Crippen LogP contribution in [-0.4, -0.2) is 0 Å². The average molecular weight is 1160 g/mol. The summed E-state index contributed by atoms with van der Waals surface area (Å²) in [5, 5.41) is 0. The molecule has 12 aromatic carbocycles. The Morgan fingerprint density at radius 1 is 0.135 bits per heavy atom. The molecule has 0 aliphatic heterocycles. The van der Waals surface area contributed by atoms with Gasteiger partial charge < -0.3 is 0 Å². The highest BCUT2D eigenvalue weighted by Crippen LogP contribution is 2.32. The molecule has 0 atom stereocenters. The smallest absolute Gasteiger partial charge is 0.0125 e. The number of hydrogen-bond acceptors (Lipinski definition) is 0. The Morgan fingerprint density at radius 3 is 0.798 bits per heavy atom. The van der Waals surface area contributed by atoms with E-state index in [0.717, 1.165) is 0 Å². The highest BCUT2D eigenvalue weighted by molar-refractivity contribution is 5.74. The van der Waals surface area contributed by atoms with Crippen molar-refractivity contribution in [1.82, 2.24) is 0 Å². The molecule has 0 saturated heterocycles. The molecule has 0 heteroatoms. The van der Waals surface area contributed by atoms with Crippen LogP contribution >= 0.6 is 0 Å². The minimum atomic E-state index is 1.31. The fourth-order valence-corrected chi connectivity index (χ4v) is 11.9. The second kappa shape index (κ2) is 32.6. The van der Waals surface area contributed by atoms with Crippen molar-refractivity contribution < 1.29 is 0 Å². The van der Waals surface area contributed by atoms with Gasteiger partial charge in [0.15, 0.2) is 0 Å². The summed E-state index contributed by atoms with van der Waals surface area (Å²) in [5.41, 5.74) is 38.7. The molecule has 0 aliphatic carbocycles. The van der Waals surface area contributed by atoms with Crippen molar-refractivity contribution in [2.24, 2.45) is 0 Å². The van der Waals surface area contributed by atoms with Gasteiger partial charge in [-0.1, -0.05) is 311 Å². The van der Waals surface area contributed by atoms with Crippen LogP contribution in [0.4, 0.5) is 0 Å². The lowest BCUT2D eigenvalue weighted by Crippen LogP contribution is -1.90. The van der Waals surface area contributed by atoms with Crippen LogP contribution < -0.4 is 0 Å². The molecule has 0 N–H and O–H groups in total. The quantitative estimate of drug-likeness (QED) is 0.156. The molecule has 0 saturated carbocycles. The predicted molar refractivity (Wildman–Crippen MR) is 392 cm³/mol. The summed E-state index contributed by atoms with van der Waals surface area (Å²) in [6.45, 7) is 36.6. The van der Waals surface area contributed by atoms with Crippen molar-refractivity contribution in [1.29, 1.82) is 0 Å². The topological polar surface area (TPSA) is 0 Å². The molecule has 12 rings (SSSR count). The van der Waals surface area contributed by atoms with E-state index in [2.05, 4.69) is 379 Å². The van der Waals surface area contributed by atoms with E-state index in [-0.39, 0.29) is 0 Å². The first-order valence-electron chi connectivity index (χ1n) is 31.5. The van der Waals surface area contributed by atoms with Crippen LogP contribution in [0, 0.1) is 118 Å². The molecule has 0 aromatic heterocycles. The molecule has 0 amide bonds. The lowest BCUT2D eigenvalue weighted by atomic mass is 9.93. The Labute approximate surface area is 536 Å². The molecule has 0 unspecified atom stereocenters. The Bertz CT molecular complexity index is 4170. The van der Waals surface area contributed by atoms with Gasteiger partial charge in [-0.3, -0.25) is 0 Å². The summed E-state index contributed by atoms with van der Waals surface area (Å²) < 4.78 is 0. The fraction of sp³-hybridized carbons (Fsp3) is 0.191. The third-order valence-electron chi connectivity index (χ3n) is 16.1. The maximum absolute atomic E-state index is 2.25. The van der Waals surface area contributed by atoms with E-state index in [1.54, 1.807) is 0 Å². The minimum absolute atomic E-state index is 1.31. The van der Waals surface area contributed by atoms with Crippen molar-refractivity contribution in [2.45, 2.75) is 118 Å². The summed E-state index contributed by atoms with van der Waals surface area (Å²) in [5.74, 6) is 0. The average Bonchev–Trinajstić information content (AvgIpc) is 3.11. The molecule has 0 aliphatic rings. The Kier molecular flexibility index (Phi) is 24.6. The van der Waals surface area contributed by atoms with Gasteiger partial charge in [-0.2, -0.15) is 0 Å². The monoisotopic (exact) mass is 1160 g/mol. The van der Waals surface area contributed by atoms with E-state index in [4.69, 9.17) is 0 Å². The summed E-state index contributed by atoms with van der Waals surface area (Å²) in [7, 11) is 0. The number of rotatable bonds is 6. The van der Waals surface area contributed by atoms with Crippen LogP contribution in [0.2, 0.25) is 0 Å². The van der Waals surface area contributed by atoms with Crippen molar-refractivity contribution in [3.05, 3.63) is 355 Å². The van der Waals surface area contributed by atoms with Gasteiger partial charge in [-0.25, -0.2) is 0 Å². The van der Waals surface area contributed by atoms with Gasteiger partial charge in [-0.05, 0) is 229 Å². The molecule has 0 nitrogen and oxygen atoms in total. The van der Waals surface area contributed by atoms with E-state index >= 15 is 0 Å². The molecule has 89 heavy (non-hydrogen) atoms. The predicted octanol–water partition coefficient (Wildman–Crippen LogP) is 25.4. The largest absolute Gasteiger partial charge is 0.0620 e. The van der Waals surface area contributed by atoms with Crippen molar-refractivity contribution in [3.63, 3.8) is 0 Å². The maximum atomic E-state index is 2.25. The Balaban J connectivity index is 0.000000152. The third kappa shape index (κ3) is 19.8. The molecule has 0 bridgehead atoms. The van der Waals surface area contributed by atoms with Crippen LogP contribution in [0.15, 0.2) is 261 Å². The summed E-state index contributed by atoms with van der Waals surface area (Å²) >= 11 is 0. The zero-order chi connectivity index (χ0) is 64.1. The van der Waals surface area contributed by atoms with Gasteiger partial charge in [0.25, 0.3) is 0 Å². The molecule has 12 aromatic rings. The first kappa shape index (κ1) is 67.2. The summed E-state index contributed by atoms with van der Waals surface area (Å²) in [6, 6.07) is 93.1. The van der Waals surface area contributed by atoms with Gasteiger partial charge in [0.1, 0.15) is 0 Å². The van der Waals surface area contributed by atoms with Crippen LogP contribution in [0.5, 0.6) is 0 Å². The van der Waals surface area contributed by atoms with E-state index in [0.29, 0.717) is 0 Å². The first-order valence-corrected chi connectivity index (χ1v) is 31.5. The lowest BCUT2D eigenvalue weighted by Gasteiger charge is -2.12. The number of benzene rings is 12. The Morgan fingerprint density at radius 2 is 0.404 bits per heavy atom. The van der Waals surface area contributed by atoms with Gasteiger partial charge in [0, 0.05) is 0 Å². The van der Waals surface area contributed by atoms with E-state index in [1.807, 2.05) is 0 Å². The second-order valence-electron chi connectivity index (χ2n) is 24.5. The van der Waals surface area contributed by atoms with Crippen molar-refractivity contribution in [2.75, 3.05) is 0 Å².